The normalized spacial score (nSPS) is 37.1. The Kier molecular flexibility index (Phi) is 2.92. The molecule has 1 saturated carbocycles. The molecule has 2 aliphatic heterocycles. The number of methoxy groups -OCH3 is 1. The standard InChI is InChI=1S/C18H20N2O6/c1-19-6-5-17-14-9-7-13(19)18(17,22)4-3-11(21)16(17)26-15(14)12(25-2)8-10(9)20(23)24/h8,13,16,22H,3-7H2,1-2H3/t13-,16+,17+,18-/m1/s1. The minimum atomic E-state index is -1.14. The monoisotopic (exact) mass is 360 g/mol. The molecule has 1 spiro atoms. The van der Waals surface area contributed by atoms with Crippen LogP contribution in [0.25, 0.3) is 0 Å². The van der Waals surface area contributed by atoms with Gasteiger partial charge in [-0.3, -0.25) is 14.9 Å². The third kappa shape index (κ3) is 1.52. The molecule has 1 N–H and O–H groups in total. The predicted octanol–water partition coefficient (Wildman–Crippen LogP) is 0.956. The van der Waals surface area contributed by atoms with Gasteiger partial charge in [0.2, 0.25) is 0 Å². The Labute approximate surface area is 149 Å². The van der Waals surface area contributed by atoms with Crippen LogP contribution in [0.5, 0.6) is 11.5 Å². The first kappa shape index (κ1) is 16.0. The number of hydrogen-bond acceptors (Lipinski definition) is 7. The maximum absolute atomic E-state index is 12.7. The van der Waals surface area contributed by atoms with Gasteiger partial charge in [0.05, 0.1) is 29.1 Å². The van der Waals surface area contributed by atoms with Crippen LogP contribution in [0.2, 0.25) is 0 Å². The molecule has 4 aliphatic rings. The Morgan fingerprint density at radius 1 is 1.46 bits per heavy atom. The summed E-state index contributed by atoms with van der Waals surface area (Å²) < 4.78 is 11.4. The molecule has 0 amide bonds. The lowest BCUT2D eigenvalue weighted by molar-refractivity contribution is -0.386. The maximum atomic E-state index is 12.7. The highest BCUT2D eigenvalue weighted by Crippen LogP contribution is 2.65. The molecule has 2 aliphatic carbocycles. The molecular formula is C18H20N2O6. The topological polar surface area (TPSA) is 102 Å². The zero-order valence-electron chi connectivity index (χ0n) is 14.7. The third-order valence-electron chi connectivity index (χ3n) is 7.03. The third-order valence-corrected chi connectivity index (χ3v) is 7.03. The number of ketones is 1. The molecule has 1 aromatic carbocycles. The van der Waals surface area contributed by atoms with Crippen molar-refractivity contribution >= 4 is 11.5 Å². The van der Waals surface area contributed by atoms with Gasteiger partial charge in [-0.2, -0.15) is 0 Å². The van der Waals surface area contributed by atoms with E-state index < -0.39 is 22.0 Å². The molecule has 2 bridgehead atoms. The summed E-state index contributed by atoms with van der Waals surface area (Å²) in [6.07, 6.45) is 0.687. The number of carbonyl (C=O) groups is 1. The van der Waals surface area contributed by atoms with Gasteiger partial charge in [0, 0.05) is 23.6 Å². The number of aliphatic hydroxyl groups is 1. The summed E-state index contributed by atoms with van der Waals surface area (Å²) in [5.74, 6) is 0.605. The van der Waals surface area contributed by atoms with E-state index in [0.29, 0.717) is 42.7 Å². The number of benzene rings is 1. The van der Waals surface area contributed by atoms with Crippen LogP contribution in [-0.2, 0) is 16.6 Å². The van der Waals surface area contributed by atoms with Crippen LogP contribution in [0.3, 0.4) is 0 Å². The van der Waals surface area contributed by atoms with E-state index in [1.165, 1.54) is 13.2 Å². The second-order valence-electron chi connectivity index (χ2n) is 7.85. The zero-order chi connectivity index (χ0) is 18.4. The highest BCUT2D eigenvalue weighted by Gasteiger charge is 2.73. The van der Waals surface area contributed by atoms with Gasteiger partial charge in [0.15, 0.2) is 23.4 Å². The smallest absolute Gasteiger partial charge is 0.276 e. The fourth-order valence-electron chi connectivity index (χ4n) is 5.90. The lowest BCUT2D eigenvalue weighted by atomic mass is 9.49. The molecular weight excluding hydrogens is 340 g/mol. The van der Waals surface area contributed by atoms with Crippen molar-refractivity contribution in [2.24, 2.45) is 0 Å². The van der Waals surface area contributed by atoms with Crippen molar-refractivity contribution in [3.05, 3.63) is 27.3 Å². The number of rotatable bonds is 2. The largest absolute Gasteiger partial charge is 0.493 e. The lowest BCUT2D eigenvalue weighted by Gasteiger charge is -2.61. The molecule has 0 aromatic heterocycles. The van der Waals surface area contributed by atoms with E-state index in [-0.39, 0.29) is 29.7 Å². The average Bonchev–Trinajstić information content (AvgIpc) is 2.96. The van der Waals surface area contributed by atoms with Gasteiger partial charge in [0.25, 0.3) is 5.69 Å². The average molecular weight is 360 g/mol. The zero-order valence-corrected chi connectivity index (χ0v) is 14.7. The van der Waals surface area contributed by atoms with Gasteiger partial charge in [-0.1, -0.05) is 0 Å². The second-order valence-corrected chi connectivity index (χ2v) is 7.85. The van der Waals surface area contributed by atoms with Gasteiger partial charge >= 0.3 is 0 Å². The van der Waals surface area contributed by atoms with Gasteiger partial charge in [-0.25, -0.2) is 0 Å². The molecule has 8 heteroatoms. The number of carbonyl (C=O) groups excluding carboxylic acids is 1. The Morgan fingerprint density at radius 2 is 2.23 bits per heavy atom. The molecule has 4 atom stereocenters. The number of piperidine rings is 1. The summed E-state index contributed by atoms with van der Waals surface area (Å²) in [6.45, 7) is 0.698. The molecule has 5 rings (SSSR count). The predicted molar refractivity (Wildman–Crippen MR) is 89.7 cm³/mol. The number of likely N-dealkylation sites (tertiary alicyclic amines) is 1. The molecule has 2 heterocycles. The Hall–Kier alpha value is -2.19. The van der Waals surface area contributed by atoms with E-state index in [1.54, 1.807) is 0 Å². The first-order chi connectivity index (χ1) is 12.3. The SMILES string of the molecule is COc1cc([N+](=O)[O-])c2c3c1O[C@H]1C(=O)CC[C@@]4(O)[C@@H](C2)N(C)CC[C@]314. The summed E-state index contributed by atoms with van der Waals surface area (Å²) in [6, 6.07) is 1.10. The van der Waals surface area contributed by atoms with Crippen molar-refractivity contribution in [3.63, 3.8) is 0 Å². The molecule has 1 aromatic rings. The molecule has 26 heavy (non-hydrogen) atoms. The number of hydrogen-bond donors (Lipinski definition) is 1. The van der Waals surface area contributed by atoms with Gasteiger partial charge in [0.1, 0.15) is 0 Å². The van der Waals surface area contributed by atoms with Crippen LogP contribution in [-0.4, -0.2) is 59.2 Å². The number of likely N-dealkylation sites (N-methyl/N-ethyl adjacent to an activating group) is 1. The Bertz CT molecular complexity index is 870. The molecule has 2 fully saturated rings. The van der Waals surface area contributed by atoms with Crippen LogP contribution < -0.4 is 9.47 Å². The van der Waals surface area contributed by atoms with Crippen LogP contribution in [0.4, 0.5) is 5.69 Å². The van der Waals surface area contributed by atoms with Crippen LogP contribution in [0, 0.1) is 10.1 Å². The van der Waals surface area contributed by atoms with Crippen molar-refractivity contribution in [1.29, 1.82) is 0 Å². The van der Waals surface area contributed by atoms with Crippen molar-refractivity contribution in [2.75, 3.05) is 20.7 Å². The van der Waals surface area contributed by atoms with Crippen molar-refractivity contribution in [2.45, 2.75) is 48.8 Å². The Morgan fingerprint density at radius 3 is 2.92 bits per heavy atom. The van der Waals surface area contributed by atoms with E-state index >= 15 is 0 Å². The highest BCUT2D eigenvalue weighted by atomic mass is 16.6. The van der Waals surface area contributed by atoms with E-state index in [1.807, 2.05) is 7.05 Å². The van der Waals surface area contributed by atoms with E-state index in [0.717, 1.165) is 0 Å². The molecule has 0 unspecified atom stereocenters. The van der Waals surface area contributed by atoms with Gasteiger partial charge in [-0.15, -0.1) is 0 Å². The van der Waals surface area contributed by atoms with E-state index in [9.17, 15) is 20.0 Å². The number of nitrogens with zero attached hydrogens (tertiary/aromatic N) is 2. The van der Waals surface area contributed by atoms with Crippen LogP contribution >= 0.6 is 0 Å². The lowest BCUT2D eigenvalue weighted by Crippen LogP contribution is -2.76. The van der Waals surface area contributed by atoms with Crippen LogP contribution in [0.1, 0.15) is 30.4 Å². The van der Waals surface area contributed by atoms with Gasteiger partial charge in [-0.05, 0) is 32.9 Å². The van der Waals surface area contributed by atoms with E-state index in [4.69, 9.17) is 9.47 Å². The number of ether oxygens (including phenoxy) is 2. The summed E-state index contributed by atoms with van der Waals surface area (Å²) in [5.41, 5.74) is -0.888. The molecule has 8 nitrogen and oxygen atoms in total. The number of nitro benzene ring substituents is 1. The second kappa shape index (κ2) is 4.75. The summed E-state index contributed by atoms with van der Waals surface area (Å²) >= 11 is 0. The highest BCUT2D eigenvalue weighted by molar-refractivity contribution is 5.90. The minimum Gasteiger partial charge on any atom is -0.493 e. The first-order valence-electron chi connectivity index (χ1n) is 8.86. The van der Waals surface area contributed by atoms with Gasteiger partial charge < -0.3 is 19.5 Å². The molecule has 1 saturated heterocycles. The fraction of sp³-hybridized carbons (Fsp3) is 0.611. The van der Waals surface area contributed by atoms with E-state index in [2.05, 4.69) is 4.90 Å². The number of nitro groups is 1. The fourth-order valence-corrected chi connectivity index (χ4v) is 5.90. The van der Waals surface area contributed by atoms with Crippen molar-refractivity contribution < 1.29 is 24.3 Å². The van der Waals surface area contributed by atoms with Crippen molar-refractivity contribution in [3.8, 4) is 11.5 Å². The molecule has 138 valence electrons. The van der Waals surface area contributed by atoms with Crippen molar-refractivity contribution in [1.82, 2.24) is 4.90 Å². The summed E-state index contributed by atoms with van der Waals surface area (Å²) in [5, 5.41) is 23.5. The number of Topliss-reactive ketones (excluding diaryl/α,β-unsaturated/α-hetero) is 1. The summed E-state index contributed by atoms with van der Waals surface area (Å²) in [4.78, 5) is 26.1. The summed E-state index contributed by atoms with van der Waals surface area (Å²) in [7, 11) is 3.36. The maximum Gasteiger partial charge on any atom is 0.276 e. The minimum absolute atomic E-state index is 0.0235. The first-order valence-corrected chi connectivity index (χ1v) is 8.86. The quantitative estimate of drug-likeness (QED) is 0.619. The van der Waals surface area contributed by atoms with Crippen LogP contribution in [0.15, 0.2) is 6.07 Å². The molecule has 0 radical (unpaired) electrons. The Balaban J connectivity index is 1.90.